The zero-order valence-electron chi connectivity index (χ0n) is 11.9. The van der Waals surface area contributed by atoms with Gasteiger partial charge in [-0.25, -0.2) is 4.79 Å². The van der Waals surface area contributed by atoms with Crippen LogP contribution in [0.2, 0.25) is 0 Å². The summed E-state index contributed by atoms with van der Waals surface area (Å²) in [5, 5.41) is 5.97. The number of hydrogen-bond acceptors (Lipinski definition) is 5. The number of alkyl carbamates (subject to hydrolysis) is 1. The zero-order chi connectivity index (χ0) is 14.4. The summed E-state index contributed by atoms with van der Waals surface area (Å²) in [6, 6.07) is -0.0229. The van der Waals surface area contributed by atoms with Gasteiger partial charge in [0.05, 0.1) is 19.3 Å². The van der Waals surface area contributed by atoms with Gasteiger partial charge >= 0.3 is 6.09 Å². The van der Waals surface area contributed by atoms with Gasteiger partial charge in [-0.15, -0.1) is 0 Å². The molecule has 7 heteroatoms. The lowest BCUT2D eigenvalue weighted by atomic mass is 10.1. The Bertz CT molecular complexity index is 345. The summed E-state index contributed by atoms with van der Waals surface area (Å²) in [6.07, 6.45) is 2.41. The van der Waals surface area contributed by atoms with Crippen LogP contribution in [0.15, 0.2) is 0 Å². The molecule has 0 spiro atoms. The number of amides is 2. The summed E-state index contributed by atoms with van der Waals surface area (Å²) in [4.78, 5) is 24.9. The number of carbonyl (C=O) groups excluding carboxylic acids is 2. The van der Waals surface area contributed by atoms with Crippen LogP contribution in [0.4, 0.5) is 4.79 Å². The smallest absolute Gasteiger partial charge is 0.407 e. The molecular formula is C13H23N3O4. The Morgan fingerprint density at radius 2 is 2.05 bits per heavy atom. The highest BCUT2D eigenvalue weighted by Gasteiger charge is 2.28. The summed E-state index contributed by atoms with van der Waals surface area (Å²) in [5.74, 6) is -0.00213. The third kappa shape index (κ3) is 4.35. The fourth-order valence-electron chi connectivity index (χ4n) is 2.57. The van der Waals surface area contributed by atoms with Gasteiger partial charge in [-0.2, -0.15) is 0 Å². The minimum absolute atomic E-state index is 0.00213. The highest BCUT2D eigenvalue weighted by Crippen LogP contribution is 2.11. The number of likely N-dealkylation sites (tertiary alicyclic amines) is 1. The van der Waals surface area contributed by atoms with E-state index < -0.39 is 6.09 Å². The van der Waals surface area contributed by atoms with Crippen molar-refractivity contribution in [3.8, 4) is 0 Å². The average molecular weight is 285 g/mol. The van der Waals surface area contributed by atoms with E-state index in [4.69, 9.17) is 4.74 Å². The van der Waals surface area contributed by atoms with Crippen molar-refractivity contribution in [2.24, 2.45) is 0 Å². The highest BCUT2D eigenvalue weighted by molar-refractivity contribution is 5.78. The van der Waals surface area contributed by atoms with E-state index in [-0.39, 0.29) is 24.7 Å². The maximum absolute atomic E-state index is 12.0. The Hall–Kier alpha value is -1.34. The van der Waals surface area contributed by atoms with Crippen molar-refractivity contribution in [1.29, 1.82) is 0 Å². The SMILES string of the molecule is COC(=O)NC1CCN(C(=O)COC2CCNCC2)C1. The summed E-state index contributed by atoms with van der Waals surface area (Å²) < 4.78 is 10.2. The molecule has 2 heterocycles. The van der Waals surface area contributed by atoms with Crippen LogP contribution < -0.4 is 10.6 Å². The Balaban J connectivity index is 1.67. The van der Waals surface area contributed by atoms with E-state index in [1.807, 2.05) is 0 Å². The second kappa shape index (κ2) is 7.44. The van der Waals surface area contributed by atoms with E-state index in [1.165, 1.54) is 7.11 Å². The molecule has 0 bridgehead atoms. The number of piperidine rings is 1. The van der Waals surface area contributed by atoms with Crippen LogP contribution in [0.3, 0.4) is 0 Å². The molecule has 0 saturated carbocycles. The molecule has 0 aromatic heterocycles. The lowest BCUT2D eigenvalue weighted by Crippen LogP contribution is -2.40. The van der Waals surface area contributed by atoms with E-state index in [2.05, 4.69) is 15.4 Å². The van der Waals surface area contributed by atoms with Crippen molar-refractivity contribution in [3.05, 3.63) is 0 Å². The molecule has 2 fully saturated rings. The van der Waals surface area contributed by atoms with E-state index in [0.717, 1.165) is 32.4 Å². The molecule has 2 N–H and O–H groups in total. The molecule has 0 aromatic carbocycles. The minimum atomic E-state index is -0.449. The molecule has 0 aliphatic carbocycles. The Morgan fingerprint density at radius 3 is 2.75 bits per heavy atom. The van der Waals surface area contributed by atoms with E-state index in [0.29, 0.717) is 13.1 Å². The molecular weight excluding hydrogens is 262 g/mol. The monoisotopic (exact) mass is 285 g/mol. The first-order valence-electron chi connectivity index (χ1n) is 7.13. The third-order valence-corrected chi connectivity index (χ3v) is 3.78. The van der Waals surface area contributed by atoms with Gasteiger partial charge in [0, 0.05) is 13.1 Å². The molecule has 2 aliphatic heterocycles. The third-order valence-electron chi connectivity index (χ3n) is 3.78. The predicted molar refractivity (Wildman–Crippen MR) is 72.4 cm³/mol. The molecule has 114 valence electrons. The van der Waals surface area contributed by atoms with Crippen LogP contribution in [0.5, 0.6) is 0 Å². The van der Waals surface area contributed by atoms with Gasteiger partial charge in [-0.05, 0) is 32.4 Å². The molecule has 20 heavy (non-hydrogen) atoms. The van der Waals surface area contributed by atoms with Crippen molar-refractivity contribution >= 4 is 12.0 Å². The van der Waals surface area contributed by atoms with Crippen LogP contribution in [-0.2, 0) is 14.3 Å². The number of hydrogen-bond donors (Lipinski definition) is 2. The second-order valence-electron chi connectivity index (χ2n) is 5.22. The number of rotatable bonds is 4. The average Bonchev–Trinajstić information content (AvgIpc) is 2.94. The lowest BCUT2D eigenvalue weighted by molar-refractivity contribution is -0.137. The summed E-state index contributed by atoms with van der Waals surface area (Å²) in [7, 11) is 1.33. The molecule has 2 saturated heterocycles. The van der Waals surface area contributed by atoms with Crippen molar-refractivity contribution in [1.82, 2.24) is 15.5 Å². The second-order valence-corrected chi connectivity index (χ2v) is 5.22. The molecule has 7 nitrogen and oxygen atoms in total. The molecule has 1 atom stereocenters. The van der Waals surface area contributed by atoms with Crippen LogP contribution in [-0.4, -0.2) is 68.9 Å². The Labute approximate surface area is 119 Å². The summed E-state index contributed by atoms with van der Waals surface area (Å²) in [5.41, 5.74) is 0. The highest BCUT2D eigenvalue weighted by atomic mass is 16.5. The molecule has 0 radical (unpaired) electrons. The first-order chi connectivity index (χ1) is 9.69. The first-order valence-corrected chi connectivity index (χ1v) is 7.13. The standard InChI is InChI=1S/C13H23N3O4/c1-19-13(18)15-10-4-7-16(8-10)12(17)9-20-11-2-5-14-6-3-11/h10-11,14H,2-9H2,1H3,(H,15,18). The maximum Gasteiger partial charge on any atom is 0.407 e. The molecule has 1 unspecified atom stereocenters. The molecule has 0 aromatic rings. The topological polar surface area (TPSA) is 79.9 Å². The maximum atomic E-state index is 12.0. The van der Waals surface area contributed by atoms with Gasteiger partial charge < -0.3 is 25.0 Å². The minimum Gasteiger partial charge on any atom is -0.453 e. The fraction of sp³-hybridized carbons (Fsp3) is 0.846. The summed E-state index contributed by atoms with van der Waals surface area (Å²) >= 11 is 0. The molecule has 2 rings (SSSR count). The normalized spacial score (nSPS) is 23.6. The van der Waals surface area contributed by atoms with Gasteiger partial charge in [0.1, 0.15) is 6.61 Å². The van der Waals surface area contributed by atoms with Gasteiger partial charge in [-0.1, -0.05) is 0 Å². The van der Waals surface area contributed by atoms with Crippen molar-refractivity contribution in [2.75, 3.05) is 39.9 Å². The fourth-order valence-corrected chi connectivity index (χ4v) is 2.57. The van der Waals surface area contributed by atoms with Crippen LogP contribution >= 0.6 is 0 Å². The number of ether oxygens (including phenoxy) is 2. The largest absolute Gasteiger partial charge is 0.453 e. The number of carbonyl (C=O) groups is 2. The number of methoxy groups -OCH3 is 1. The van der Waals surface area contributed by atoms with Crippen LogP contribution in [0, 0.1) is 0 Å². The quantitative estimate of drug-likeness (QED) is 0.742. The molecule has 2 aliphatic rings. The zero-order valence-corrected chi connectivity index (χ0v) is 11.9. The number of nitrogens with one attached hydrogen (secondary N) is 2. The predicted octanol–water partition coefficient (Wildman–Crippen LogP) is -0.288. The van der Waals surface area contributed by atoms with Crippen molar-refractivity contribution < 1.29 is 19.1 Å². The van der Waals surface area contributed by atoms with Crippen molar-refractivity contribution in [2.45, 2.75) is 31.4 Å². The number of nitrogens with zero attached hydrogens (tertiary/aromatic N) is 1. The summed E-state index contributed by atoms with van der Waals surface area (Å²) in [6.45, 7) is 3.23. The van der Waals surface area contributed by atoms with Crippen LogP contribution in [0.1, 0.15) is 19.3 Å². The van der Waals surface area contributed by atoms with Crippen molar-refractivity contribution in [3.63, 3.8) is 0 Å². The molecule has 2 amide bonds. The van der Waals surface area contributed by atoms with Gasteiger partial charge in [0.15, 0.2) is 0 Å². The van der Waals surface area contributed by atoms with Gasteiger partial charge in [0.25, 0.3) is 0 Å². The Morgan fingerprint density at radius 1 is 1.30 bits per heavy atom. The van der Waals surface area contributed by atoms with E-state index in [1.54, 1.807) is 4.90 Å². The first kappa shape index (κ1) is 15.1. The lowest BCUT2D eigenvalue weighted by Gasteiger charge is -2.24. The Kier molecular flexibility index (Phi) is 5.60. The van der Waals surface area contributed by atoms with Gasteiger partial charge in [0.2, 0.25) is 5.91 Å². The van der Waals surface area contributed by atoms with Gasteiger partial charge in [-0.3, -0.25) is 4.79 Å². The van der Waals surface area contributed by atoms with E-state index in [9.17, 15) is 9.59 Å². The van der Waals surface area contributed by atoms with E-state index >= 15 is 0 Å². The van der Waals surface area contributed by atoms with Crippen LogP contribution in [0.25, 0.3) is 0 Å².